The van der Waals surface area contributed by atoms with Crippen LogP contribution in [0.2, 0.25) is 0 Å². The number of hydrogen-bond acceptors (Lipinski definition) is 13. The monoisotopic (exact) mass is 720 g/mol. The average Bonchev–Trinajstić information content (AvgIpc) is 3.98. The lowest BCUT2D eigenvalue weighted by Crippen LogP contribution is -2.11. The fraction of sp³-hybridized carbons (Fsp3) is 0.0588. The minimum absolute atomic E-state index is 0.106. The van der Waals surface area contributed by atoms with Gasteiger partial charge in [0.2, 0.25) is 0 Å². The molecule has 0 saturated carbocycles. The number of aromatic carboxylic acids is 1. The summed E-state index contributed by atoms with van der Waals surface area (Å²) in [7, 11) is 0. The van der Waals surface area contributed by atoms with Crippen molar-refractivity contribution in [2.24, 2.45) is 0 Å². The van der Waals surface area contributed by atoms with E-state index in [9.17, 15) is 9.59 Å². The van der Waals surface area contributed by atoms with E-state index in [4.69, 9.17) is 19.9 Å². The predicted octanol–water partition coefficient (Wildman–Crippen LogP) is 6.31. The zero-order chi connectivity index (χ0) is 35.4. The van der Waals surface area contributed by atoms with E-state index in [0.29, 0.717) is 39.5 Å². The molecule has 4 N–H and O–H groups in total. The van der Waals surface area contributed by atoms with Crippen LogP contribution in [-0.4, -0.2) is 56.8 Å². The van der Waals surface area contributed by atoms with Crippen molar-refractivity contribution in [2.75, 3.05) is 11.1 Å². The molecule has 0 aliphatic rings. The lowest BCUT2D eigenvalue weighted by molar-refractivity contribution is 0.0685. The minimum Gasteiger partial charge on any atom is -0.476 e. The summed E-state index contributed by atoms with van der Waals surface area (Å²) in [5.41, 5.74) is 9.30. The van der Waals surface area contributed by atoms with Crippen LogP contribution in [-0.2, 0) is 13.1 Å². The van der Waals surface area contributed by atoms with Crippen molar-refractivity contribution >= 4 is 45.9 Å². The molecule has 17 heteroatoms. The molecule has 6 heterocycles. The molecule has 0 aliphatic heterocycles. The SMILES string of the molecule is Nc1cnn(Cc2ccccc2)c1.O=C(Nc1cnn(Cc2ccccc2)c1)c1cc(-c2nccs2)on1.O=C(O)c1cc(-c2nccs2)on1. The molecule has 8 aromatic rings. The van der Waals surface area contributed by atoms with Crippen LogP contribution in [0.5, 0.6) is 0 Å². The van der Waals surface area contributed by atoms with Gasteiger partial charge in [0.1, 0.15) is 0 Å². The highest BCUT2D eigenvalue weighted by molar-refractivity contribution is 7.13. The van der Waals surface area contributed by atoms with Gasteiger partial charge in [-0.1, -0.05) is 71.0 Å². The van der Waals surface area contributed by atoms with E-state index < -0.39 is 5.97 Å². The maximum atomic E-state index is 12.3. The van der Waals surface area contributed by atoms with Crippen molar-refractivity contribution in [3.8, 4) is 21.5 Å². The Morgan fingerprint density at radius 1 is 0.745 bits per heavy atom. The van der Waals surface area contributed by atoms with Gasteiger partial charge in [0.25, 0.3) is 5.91 Å². The van der Waals surface area contributed by atoms with Gasteiger partial charge in [-0.05, 0) is 11.1 Å². The summed E-state index contributed by atoms with van der Waals surface area (Å²) < 4.78 is 13.5. The number of amides is 1. The third kappa shape index (κ3) is 9.68. The molecule has 1 amide bonds. The molecular formula is C34H28N10O5S2. The van der Waals surface area contributed by atoms with Crippen molar-refractivity contribution in [2.45, 2.75) is 13.1 Å². The van der Waals surface area contributed by atoms with Crippen LogP contribution in [0.4, 0.5) is 11.4 Å². The first-order valence-electron chi connectivity index (χ1n) is 15.1. The lowest BCUT2D eigenvalue weighted by atomic mass is 10.2. The maximum Gasteiger partial charge on any atom is 0.358 e. The predicted molar refractivity (Wildman–Crippen MR) is 190 cm³/mol. The summed E-state index contributed by atoms with van der Waals surface area (Å²) in [6.07, 6.45) is 10.1. The Labute approximate surface area is 297 Å². The second-order valence-electron chi connectivity index (χ2n) is 10.5. The molecule has 256 valence electrons. The van der Waals surface area contributed by atoms with Crippen LogP contribution in [0.25, 0.3) is 21.5 Å². The van der Waals surface area contributed by atoms with Crippen molar-refractivity contribution in [1.29, 1.82) is 0 Å². The van der Waals surface area contributed by atoms with E-state index in [1.807, 2.05) is 64.8 Å². The Morgan fingerprint density at radius 2 is 1.27 bits per heavy atom. The molecule has 6 aromatic heterocycles. The van der Waals surface area contributed by atoms with E-state index in [1.165, 1.54) is 34.3 Å². The number of rotatable bonds is 9. The highest BCUT2D eigenvalue weighted by Gasteiger charge is 2.16. The highest BCUT2D eigenvalue weighted by Crippen LogP contribution is 2.23. The van der Waals surface area contributed by atoms with Crippen LogP contribution in [0.15, 0.2) is 130 Å². The van der Waals surface area contributed by atoms with Crippen LogP contribution >= 0.6 is 22.7 Å². The van der Waals surface area contributed by atoms with Gasteiger partial charge in [-0.2, -0.15) is 10.2 Å². The molecule has 0 atom stereocenters. The van der Waals surface area contributed by atoms with Crippen LogP contribution in [0.3, 0.4) is 0 Å². The smallest absolute Gasteiger partial charge is 0.358 e. The number of benzene rings is 2. The number of aromatic nitrogens is 8. The molecule has 0 radical (unpaired) electrons. The van der Waals surface area contributed by atoms with Crippen molar-refractivity contribution in [3.05, 3.63) is 143 Å². The lowest BCUT2D eigenvalue weighted by Gasteiger charge is -2.01. The molecule has 51 heavy (non-hydrogen) atoms. The van der Waals surface area contributed by atoms with Gasteiger partial charge in [0.15, 0.2) is 32.9 Å². The summed E-state index contributed by atoms with van der Waals surface area (Å²) in [6.45, 7) is 1.41. The van der Waals surface area contributed by atoms with Crippen molar-refractivity contribution in [3.63, 3.8) is 0 Å². The molecule has 0 aliphatic carbocycles. The third-order valence-electron chi connectivity index (χ3n) is 6.68. The molecular weight excluding hydrogens is 693 g/mol. The first-order valence-corrected chi connectivity index (χ1v) is 16.8. The van der Waals surface area contributed by atoms with E-state index >= 15 is 0 Å². The molecule has 15 nitrogen and oxygen atoms in total. The zero-order valence-corrected chi connectivity index (χ0v) is 28.1. The van der Waals surface area contributed by atoms with Crippen molar-refractivity contribution < 1.29 is 23.7 Å². The second kappa shape index (κ2) is 16.6. The Kier molecular flexibility index (Phi) is 11.1. The number of carbonyl (C=O) groups is 2. The zero-order valence-electron chi connectivity index (χ0n) is 26.5. The Bertz CT molecular complexity index is 2260. The topological polar surface area (TPSA) is 206 Å². The van der Waals surface area contributed by atoms with Gasteiger partial charge < -0.3 is 25.2 Å². The number of nitrogens with one attached hydrogen (secondary N) is 1. The summed E-state index contributed by atoms with van der Waals surface area (Å²) in [5.74, 6) is -0.607. The number of nitrogen functional groups attached to an aromatic ring is 1. The van der Waals surface area contributed by atoms with Gasteiger partial charge in [0, 0.05) is 47.7 Å². The van der Waals surface area contributed by atoms with E-state index in [0.717, 1.165) is 12.1 Å². The molecule has 0 unspecified atom stereocenters. The number of carboxylic acid groups (broad SMARTS) is 1. The number of nitrogens with two attached hydrogens (primary N) is 1. The highest BCUT2D eigenvalue weighted by atomic mass is 32.1. The van der Waals surface area contributed by atoms with Crippen LogP contribution in [0, 0.1) is 0 Å². The third-order valence-corrected chi connectivity index (χ3v) is 8.25. The first-order chi connectivity index (χ1) is 24.9. The quantitative estimate of drug-likeness (QED) is 0.150. The van der Waals surface area contributed by atoms with Gasteiger partial charge in [-0.3, -0.25) is 14.2 Å². The molecule has 0 saturated heterocycles. The van der Waals surface area contributed by atoms with Gasteiger partial charge in [0.05, 0.1) is 36.9 Å². The van der Waals surface area contributed by atoms with Crippen LogP contribution in [0.1, 0.15) is 32.1 Å². The number of hydrogen-bond donors (Lipinski definition) is 3. The maximum absolute atomic E-state index is 12.3. The van der Waals surface area contributed by atoms with E-state index in [1.54, 1.807) is 47.1 Å². The van der Waals surface area contributed by atoms with Crippen molar-refractivity contribution in [1.82, 2.24) is 39.8 Å². The number of thiazole rings is 2. The molecule has 8 rings (SSSR count). The number of nitrogens with zero attached hydrogens (tertiary/aromatic N) is 8. The number of carbonyl (C=O) groups excluding carboxylic acids is 1. The fourth-order valence-electron chi connectivity index (χ4n) is 4.37. The summed E-state index contributed by atoms with van der Waals surface area (Å²) in [4.78, 5) is 30.8. The van der Waals surface area contributed by atoms with Gasteiger partial charge >= 0.3 is 5.97 Å². The Morgan fingerprint density at radius 3 is 1.76 bits per heavy atom. The molecule has 0 bridgehead atoms. The molecule has 0 spiro atoms. The minimum atomic E-state index is -1.11. The Balaban J connectivity index is 0.000000145. The first kappa shape index (κ1) is 34.2. The average molecular weight is 721 g/mol. The number of anilines is 2. The van der Waals surface area contributed by atoms with Gasteiger partial charge in [-0.25, -0.2) is 14.8 Å². The fourth-order valence-corrected chi connectivity index (χ4v) is 5.54. The van der Waals surface area contributed by atoms with Crippen LogP contribution < -0.4 is 11.1 Å². The largest absolute Gasteiger partial charge is 0.476 e. The Hall–Kier alpha value is -6.72. The molecule has 0 fully saturated rings. The normalized spacial score (nSPS) is 10.4. The number of carboxylic acids is 1. The summed E-state index contributed by atoms with van der Waals surface area (Å²) in [6, 6.07) is 23.1. The van der Waals surface area contributed by atoms with E-state index in [2.05, 4.69) is 47.9 Å². The standard InChI is InChI=1S/C17H13N5O2S.C10H11N3.C7H4N2O3S/c23-16(14-8-15(24-21-14)17-18-6-7-25-17)20-13-9-19-22(11-13)10-12-4-2-1-3-5-12;11-10-6-12-13(8-10)7-9-4-2-1-3-5-9;10-7(11)4-3-5(12-9-4)6-8-1-2-13-6/h1-9,11H,10H2,(H,20,23);1-6,8H,7,11H2;1-3H,(H,10,11). The second-order valence-corrected chi connectivity index (χ2v) is 12.2. The van der Waals surface area contributed by atoms with Gasteiger partial charge in [-0.15, -0.1) is 22.7 Å². The summed E-state index contributed by atoms with van der Waals surface area (Å²) >= 11 is 2.78. The van der Waals surface area contributed by atoms with E-state index in [-0.39, 0.29) is 17.3 Å². The molecule has 2 aromatic carbocycles. The summed E-state index contributed by atoms with van der Waals surface area (Å²) in [5, 5.41) is 31.7.